The average Bonchev–Trinajstić information content (AvgIpc) is 1.86. The molecule has 0 spiro atoms. The molecule has 0 aliphatic rings. The van der Waals surface area contributed by atoms with Gasteiger partial charge in [0.2, 0.25) is 0 Å². The highest BCUT2D eigenvalue weighted by Crippen LogP contribution is 2.40. The summed E-state index contributed by atoms with van der Waals surface area (Å²) in [5.74, 6) is -1.02. The van der Waals surface area contributed by atoms with Gasteiger partial charge in [0, 0.05) is 0 Å². The Hall–Kier alpha value is 0.0700. The summed E-state index contributed by atoms with van der Waals surface area (Å²) < 4.78 is 10.5. The van der Waals surface area contributed by atoms with Crippen molar-refractivity contribution in [1.82, 2.24) is 0 Å². The van der Waals surface area contributed by atoms with Crippen LogP contribution in [0.5, 0.6) is 0 Å². The highest BCUT2D eigenvalue weighted by Gasteiger charge is 2.23. The fourth-order valence-electron chi connectivity index (χ4n) is 0.666. The van der Waals surface area contributed by atoms with Gasteiger partial charge in [0.15, 0.2) is 0 Å². The maximum Gasteiger partial charge on any atom is 0.342 e. The van der Waals surface area contributed by atoms with E-state index in [4.69, 9.17) is 21.3 Å². The zero-order chi connectivity index (χ0) is 8.91. The van der Waals surface area contributed by atoms with Crippen molar-refractivity contribution in [2.45, 2.75) is 25.0 Å². The molecule has 6 heteroatoms. The van der Waals surface area contributed by atoms with E-state index < -0.39 is 13.4 Å². The Kier molecular flexibility index (Phi) is 4.88. The summed E-state index contributed by atoms with van der Waals surface area (Å²) >= 11 is 0. The van der Waals surface area contributed by atoms with Crippen molar-refractivity contribution in [3.63, 3.8) is 0 Å². The minimum absolute atomic E-state index is 0.335. The zero-order valence-electron chi connectivity index (χ0n) is 6.31. The molecule has 0 aromatic carbocycles. The fourth-order valence-corrected chi connectivity index (χ4v) is 1.18. The number of rotatable bonds is 5. The predicted octanol–water partition coefficient (Wildman–Crippen LogP) is -0.422. The third-order valence-electron chi connectivity index (χ3n) is 1.39. The van der Waals surface area contributed by atoms with E-state index in [2.05, 4.69) is 0 Å². The molecule has 1 atom stereocenters. The lowest BCUT2D eigenvalue weighted by molar-refractivity contribution is 0.353. The van der Waals surface area contributed by atoms with E-state index in [1.54, 1.807) is 0 Å². The molecule has 11 heavy (non-hydrogen) atoms. The standard InChI is InChI=1S/C5H15N2O3P/c6-4-2-1-3-5(7)11(8,9)10/h5H,1-4,6-7H2,(H2,8,9,10). The molecule has 0 amide bonds. The van der Waals surface area contributed by atoms with Gasteiger partial charge in [-0.15, -0.1) is 0 Å². The molecule has 0 aromatic heterocycles. The van der Waals surface area contributed by atoms with Gasteiger partial charge in [-0.1, -0.05) is 0 Å². The second-order valence-electron chi connectivity index (χ2n) is 2.44. The van der Waals surface area contributed by atoms with Crippen LogP contribution in [0.25, 0.3) is 0 Å². The van der Waals surface area contributed by atoms with E-state index in [0.29, 0.717) is 19.4 Å². The third kappa shape index (κ3) is 5.35. The Balaban J connectivity index is 3.53. The molecule has 0 aromatic rings. The van der Waals surface area contributed by atoms with E-state index in [9.17, 15) is 4.57 Å². The van der Waals surface area contributed by atoms with Gasteiger partial charge in [0.1, 0.15) is 5.78 Å². The quantitative estimate of drug-likeness (QED) is 0.341. The molecule has 0 heterocycles. The molecule has 0 radical (unpaired) electrons. The van der Waals surface area contributed by atoms with Crippen LogP contribution in [0.2, 0.25) is 0 Å². The Morgan fingerprint density at radius 3 is 2.27 bits per heavy atom. The summed E-state index contributed by atoms with van der Waals surface area (Å²) in [6, 6.07) is 0. The van der Waals surface area contributed by atoms with Gasteiger partial charge < -0.3 is 21.3 Å². The van der Waals surface area contributed by atoms with E-state index >= 15 is 0 Å². The smallest absolute Gasteiger partial charge is 0.330 e. The monoisotopic (exact) mass is 182 g/mol. The van der Waals surface area contributed by atoms with Gasteiger partial charge in [0.05, 0.1) is 0 Å². The molecule has 5 nitrogen and oxygen atoms in total. The number of unbranched alkanes of at least 4 members (excludes halogenated alkanes) is 1. The SMILES string of the molecule is NCCCCC(N)P(=O)(O)O. The van der Waals surface area contributed by atoms with Crippen molar-refractivity contribution >= 4 is 7.60 Å². The van der Waals surface area contributed by atoms with Crippen LogP contribution in [0, 0.1) is 0 Å². The lowest BCUT2D eigenvalue weighted by Crippen LogP contribution is -2.20. The summed E-state index contributed by atoms with van der Waals surface area (Å²) in [6.45, 7) is 0.536. The maximum atomic E-state index is 10.5. The second-order valence-corrected chi connectivity index (χ2v) is 4.28. The topological polar surface area (TPSA) is 110 Å². The second kappa shape index (κ2) is 4.85. The van der Waals surface area contributed by atoms with Crippen molar-refractivity contribution in [2.24, 2.45) is 11.5 Å². The highest BCUT2D eigenvalue weighted by molar-refractivity contribution is 7.52. The van der Waals surface area contributed by atoms with Gasteiger partial charge in [-0.2, -0.15) is 0 Å². The lowest BCUT2D eigenvalue weighted by Gasteiger charge is -2.12. The van der Waals surface area contributed by atoms with E-state index in [1.165, 1.54) is 0 Å². The summed E-state index contributed by atoms with van der Waals surface area (Å²) in [5.41, 5.74) is 10.4. The van der Waals surface area contributed by atoms with E-state index in [1.807, 2.05) is 0 Å². The molecule has 68 valence electrons. The Morgan fingerprint density at radius 2 is 1.91 bits per heavy atom. The Morgan fingerprint density at radius 1 is 1.36 bits per heavy atom. The molecule has 0 aliphatic carbocycles. The molecule has 6 N–H and O–H groups in total. The molecular weight excluding hydrogens is 167 g/mol. The predicted molar refractivity (Wildman–Crippen MR) is 42.9 cm³/mol. The van der Waals surface area contributed by atoms with Gasteiger partial charge in [-0.3, -0.25) is 4.57 Å². The van der Waals surface area contributed by atoms with Crippen LogP contribution in [0.3, 0.4) is 0 Å². The van der Waals surface area contributed by atoms with Crippen LogP contribution in [0.4, 0.5) is 0 Å². The first-order valence-corrected chi connectivity index (χ1v) is 5.17. The minimum atomic E-state index is -4.06. The van der Waals surface area contributed by atoms with Crippen LogP contribution in [0.15, 0.2) is 0 Å². The normalized spacial score (nSPS) is 14.9. The average molecular weight is 182 g/mol. The van der Waals surface area contributed by atoms with Crippen LogP contribution in [-0.2, 0) is 4.57 Å². The van der Waals surface area contributed by atoms with E-state index in [-0.39, 0.29) is 0 Å². The first-order chi connectivity index (χ1) is 4.98. The van der Waals surface area contributed by atoms with Crippen molar-refractivity contribution in [2.75, 3.05) is 6.54 Å². The van der Waals surface area contributed by atoms with Crippen molar-refractivity contribution in [3.05, 3.63) is 0 Å². The lowest BCUT2D eigenvalue weighted by atomic mass is 10.2. The van der Waals surface area contributed by atoms with Crippen molar-refractivity contribution in [1.29, 1.82) is 0 Å². The molecule has 0 bridgehead atoms. The highest BCUT2D eigenvalue weighted by atomic mass is 31.2. The van der Waals surface area contributed by atoms with Gasteiger partial charge in [0.25, 0.3) is 0 Å². The van der Waals surface area contributed by atoms with Gasteiger partial charge in [-0.05, 0) is 25.8 Å². The van der Waals surface area contributed by atoms with Crippen molar-refractivity contribution < 1.29 is 14.4 Å². The zero-order valence-corrected chi connectivity index (χ0v) is 7.20. The maximum absolute atomic E-state index is 10.5. The summed E-state index contributed by atoms with van der Waals surface area (Å²) in [4.78, 5) is 17.1. The molecule has 0 fully saturated rings. The fraction of sp³-hybridized carbons (Fsp3) is 1.00. The number of hydrogen-bond acceptors (Lipinski definition) is 3. The largest absolute Gasteiger partial charge is 0.342 e. The van der Waals surface area contributed by atoms with Crippen LogP contribution >= 0.6 is 7.60 Å². The van der Waals surface area contributed by atoms with Gasteiger partial charge in [-0.25, -0.2) is 0 Å². The molecular formula is C5H15N2O3P. The van der Waals surface area contributed by atoms with E-state index in [0.717, 1.165) is 6.42 Å². The summed E-state index contributed by atoms with van der Waals surface area (Å²) in [7, 11) is -4.06. The third-order valence-corrected chi connectivity index (χ3v) is 2.51. The minimum Gasteiger partial charge on any atom is -0.330 e. The Bertz CT molecular complexity index is 147. The van der Waals surface area contributed by atoms with Crippen LogP contribution in [-0.4, -0.2) is 22.1 Å². The van der Waals surface area contributed by atoms with Gasteiger partial charge >= 0.3 is 7.60 Å². The Labute approximate surface area is 65.9 Å². The van der Waals surface area contributed by atoms with Crippen molar-refractivity contribution in [3.8, 4) is 0 Å². The number of nitrogens with two attached hydrogens (primary N) is 2. The molecule has 0 saturated carbocycles. The molecule has 0 rings (SSSR count). The first-order valence-electron chi connectivity index (χ1n) is 3.49. The van der Waals surface area contributed by atoms with Crippen LogP contribution in [0.1, 0.15) is 19.3 Å². The molecule has 0 saturated heterocycles. The number of hydrogen-bond donors (Lipinski definition) is 4. The summed E-state index contributed by atoms with van der Waals surface area (Å²) in [6.07, 6.45) is 1.76. The molecule has 0 aliphatic heterocycles. The van der Waals surface area contributed by atoms with Crippen LogP contribution < -0.4 is 11.5 Å². The molecule has 1 unspecified atom stereocenters. The summed E-state index contributed by atoms with van der Waals surface area (Å²) in [5, 5.41) is 0. The first kappa shape index (κ1) is 11.1.